The number of likely N-dealkylation sites (tertiary alicyclic amines) is 1. The Morgan fingerprint density at radius 2 is 2.12 bits per heavy atom. The van der Waals surface area contributed by atoms with Crippen LogP contribution in [0, 0.1) is 11.8 Å². The average Bonchev–Trinajstić information content (AvgIpc) is 2.92. The summed E-state index contributed by atoms with van der Waals surface area (Å²) in [5, 5.41) is 18.7. The zero-order valence-electron chi connectivity index (χ0n) is 9.02. The molecule has 5 unspecified atom stereocenters. The summed E-state index contributed by atoms with van der Waals surface area (Å²) >= 11 is 0. The maximum absolute atomic E-state index is 12.1. The van der Waals surface area contributed by atoms with Crippen molar-refractivity contribution in [2.24, 2.45) is 11.8 Å². The van der Waals surface area contributed by atoms with Crippen molar-refractivity contribution in [2.75, 3.05) is 6.54 Å². The number of carbonyl (C=O) groups excluding carboxylic acids is 1. The van der Waals surface area contributed by atoms with Crippen molar-refractivity contribution in [2.45, 2.75) is 24.9 Å². The summed E-state index contributed by atoms with van der Waals surface area (Å²) in [6, 6.07) is 0. The molecule has 2 bridgehead atoms. The number of hydrogen-bond donors (Lipinski definition) is 2. The second-order valence-corrected chi connectivity index (χ2v) is 4.64. The molecule has 3 aliphatic heterocycles. The quantitative estimate of drug-likeness (QED) is 0.629. The Balaban J connectivity index is 1.78. The van der Waals surface area contributed by atoms with Crippen LogP contribution < -0.4 is 0 Å². The fourth-order valence-corrected chi connectivity index (χ4v) is 2.99. The molecule has 0 radical (unpaired) electrons. The Morgan fingerprint density at radius 1 is 1.41 bits per heavy atom. The van der Waals surface area contributed by atoms with Crippen LogP contribution in [0.2, 0.25) is 0 Å². The third kappa shape index (κ3) is 1.41. The molecule has 1 amide bonds. The van der Waals surface area contributed by atoms with Gasteiger partial charge in [-0.3, -0.25) is 9.59 Å². The third-order valence-electron chi connectivity index (χ3n) is 3.75. The van der Waals surface area contributed by atoms with Gasteiger partial charge in [0, 0.05) is 12.5 Å². The van der Waals surface area contributed by atoms with E-state index in [0.29, 0.717) is 0 Å². The van der Waals surface area contributed by atoms with Gasteiger partial charge in [0.15, 0.2) is 0 Å². The Bertz CT molecular complexity index is 407. The van der Waals surface area contributed by atoms with Crippen LogP contribution in [0.15, 0.2) is 12.2 Å². The van der Waals surface area contributed by atoms with Gasteiger partial charge in [-0.15, -0.1) is 0 Å². The number of carbonyl (C=O) groups is 2. The minimum atomic E-state index is -0.973. The van der Waals surface area contributed by atoms with E-state index in [2.05, 4.69) is 0 Å². The number of aliphatic carboxylic acids is 1. The zero-order valence-corrected chi connectivity index (χ0v) is 9.02. The van der Waals surface area contributed by atoms with Crippen LogP contribution in [0.1, 0.15) is 6.42 Å². The van der Waals surface area contributed by atoms with Gasteiger partial charge in [-0.25, -0.2) is 0 Å². The molecule has 3 aliphatic rings. The first kappa shape index (κ1) is 10.7. The molecule has 0 aromatic rings. The van der Waals surface area contributed by atoms with Crippen molar-refractivity contribution in [3.05, 3.63) is 12.2 Å². The van der Waals surface area contributed by atoms with E-state index >= 15 is 0 Å². The number of carboxylic acid groups (broad SMARTS) is 1. The van der Waals surface area contributed by atoms with E-state index in [1.54, 1.807) is 0 Å². The number of aliphatic hydroxyl groups excluding tert-OH is 1. The van der Waals surface area contributed by atoms with Crippen LogP contribution in [-0.2, 0) is 14.3 Å². The largest absolute Gasteiger partial charge is 0.481 e. The Morgan fingerprint density at radius 3 is 2.76 bits per heavy atom. The number of amides is 1. The van der Waals surface area contributed by atoms with Crippen LogP contribution in [0.3, 0.4) is 0 Å². The van der Waals surface area contributed by atoms with E-state index in [1.807, 2.05) is 12.2 Å². The molecule has 0 spiro atoms. The summed E-state index contributed by atoms with van der Waals surface area (Å²) < 4.78 is 5.52. The van der Waals surface area contributed by atoms with Crippen molar-refractivity contribution in [1.29, 1.82) is 0 Å². The molecule has 0 saturated carbocycles. The average molecular weight is 239 g/mol. The minimum absolute atomic E-state index is 0.0573. The normalized spacial score (nSPS) is 42.3. The maximum Gasteiger partial charge on any atom is 0.305 e. The van der Waals surface area contributed by atoms with Crippen molar-refractivity contribution in [3.63, 3.8) is 0 Å². The molecule has 0 aromatic heterocycles. The highest BCUT2D eigenvalue weighted by atomic mass is 16.5. The number of aliphatic hydroxyl groups is 1. The van der Waals surface area contributed by atoms with Gasteiger partial charge < -0.3 is 19.8 Å². The highest BCUT2D eigenvalue weighted by molar-refractivity contribution is 5.84. The van der Waals surface area contributed by atoms with Crippen LogP contribution in [0.4, 0.5) is 0 Å². The molecular formula is C11H13NO5. The Labute approximate surface area is 97.5 Å². The lowest BCUT2D eigenvalue weighted by atomic mass is 9.85. The van der Waals surface area contributed by atoms with E-state index in [1.165, 1.54) is 4.90 Å². The molecule has 2 N–H and O–H groups in total. The summed E-state index contributed by atoms with van der Waals surface area (Å²) in [4.78, 5) is 23.8. The molecule has 6 heteroatoms. The van der Waals surface area contributed by atoms with Gasteiger partial charge >= 0.3 is 5.97 Å². The van der Waals surface area contributed by atoms with E-state index < -0.39 is 12.2 Å². The van der Waals surface area contributed by atoms with Gasteiger partial charge in [-0.1, -0.05) is 12.2 Å². The highest BCUT2D eigenvalue weighted by Crippen LogP contribution is 2.46. The van der Waals surface area contributed by atoms with E-state index in [0.717, 1.165) is 0 Å². The Kier molecular flexibility index (Phi) is 2.24. The van der Waals surface area contributed by atoms with Gasteiger partial charge in [-0.05, 0) is 0 Å². The van der Waals surface area contributed by atoms with Gasteiger partial charge in [0.05, 0.1) is 24.5 Å². The summed E-state index contributed by atoms with van der Waals surface area (Å²) in [5.74, 6) is -1.75. The molecule has 2 saturated heterocycles. The predicted octanol–water partition coefficient (Wildman–Crippen LogP) is -0.809. The molecule has 3 heterocycles. The van der Waals surface area contributed by atoms with Gasteiger partial charge in [0.25, 0.3) is 0 Å². The number of ether oxygens (including phenoxy) is 1. The fourth-order valence-electron chi connectivity index (χ4n) is 2.99. The highest BCUT2D eigenvalue weighted by Gasteiger charge is 2.60. The predicted molar refractivity (Wildman–Crippen MR) is 54.8 cm³/mol. The second-order valence-electron chi connectivity index (χ2n) is 4.64. The summed E-state index contributed by atoms with van der Waals surface area (Å²) in [6.07, 6.45) is 2.18. The Hall–Kier alpha value is -1.40. The van der Waals surface area contributed by atoms with Crippen LogP contribution in [0.5, 0.6) is 0 Å². The first-order valence-corrected chi connectivity index (χ1v) is 5.64. The second kappa shape index (κ2) is 3.54. The summed E-state index contributed by atoms with van der Waals surface area (Å²) in [5.41, 5.74) is 0. The number of carboxylic acids is 1. The smallest absolute Gasteiger partial charge is 0.305 e. The molecular weight excluding hydrogens is 226 g/mol. The third-order valence-corrected chi connectivity index (χ3v) is 3.75. The summed E-state index contributed by atoms with van der Waals surface area (Å²) in [7, 11) is 0. The molecule has 0 aliphatic carbocycles. The van der Waals surface area contributed by atoms with Gasteiger partial charge in [0.2, 0.25) is 5.91 Å². The molecule has 17 heavy (non-hydrogen) atoms. The van der Waals surface area contributed by atoms with Gasteiger partial charge in [-0.2, -0.15) is 0 Å². The first-order valence-electron chi connectivity index (χ1n) is 5.64. The molecule has 92 valence electrons. The molecule has 6 nitrogen and oxygen atoms in total. The molecule has 3 rings (SSSR count). The molecule has 2 fully saturated rings. The molecule has 0 aromatic carbocycles. The van der Waals surface area contributed by atoms with Crippen LogP contribution in [-0.4, -0.2) is 52.0 Å². The fraction of sp³-hybridized carbons (Fsp3) is 0.636. The lowest BCUT2D eigenvalue weighted by Crippen LogP contribution is -2.39. The van der Waals surface area contributed by atoms with Crippen LogP contribution >= 0.6 is 0 Å². The first-order chi connectivity index (χ1) is 8.09. The van der Waals surface area contributed by atoms with E-state index in [9.17, 15) is 14.7 Å². The van der Waals surface area contributed by atoms with E-state index in [-0.39, 0.29) is 42.9 Å². The van der Waals surface area contributed by atoms with E-state index in [4.69, 9.17) is 9.84 Å². The number of nitrogens with zero attached hydrogens (tertiary/aromatic N) is 1. The topological polar surface area (TPSA) is 87.1 Å². The van der Waals surface area contributed by atoms with Crippen molar-refractivity contribution < 1.29 is 24.5 Å². The molecule has 5 atom stereocenters. The number of rotatable bonds is 3. The van der Waals surface area contributed by atoms with Crippen LogP contribution in [0.25, 0.3) is 0 Å². The number of fused-ring (bicyclic) bond motifs is 5. The standard InChI is InChI=1S/C11H13NO5/c13-7(14)3-4-12-10(15)8-5-1-2-6(17-5)9(8)11(12)16/h1-2,5-6,8-10,15H,3-4H2,(H,13,14). The number of hydrogen-bond acceptors (Lipinski definition) is 4. The van der Waals surface area contributed by atoms with Crippen molar-refractivity contribution >= 4 is 11.9 Å². The van der Waals surface area contributed by atoms with Crippen molar-refractivity contribution in [3.8, 4) is 0 Å². The lowest BCUT2D eigenvalue weighted by Gasteiger charge is -2.24. The van der Waals surface area contributed by atoms with Crippen molar-refractivity contribution in [1.82, 2.24) is 4.90 Å². The monoisotopic (exact) mass is 239 g/mol. The maximum atomic E-state index is 12.1. The lowest BCUT2D eigenvalue weighted by molar-refractivity contribution is -0.142. The summed E-state index contributed by atoms with van der Waals surface area (Å²) in [6.45, 7) is 0.0573. The van der Waals surface area contributed by atoms with Gasteiger partial charge in [0.1, 0.15) is 6.23 Å². The SMILES string of the molecule is O=C(O)CCN1C(=O)C2C3C=CC(O3)C2C1O. The zero-order chi connectivity index (χ0) is 12.2. The minimum Gasteiger partial charge on any atom is -0.481 e.